The molecule has 0 saturated carbocycles. The van der Waals surface area contributed by atoms with Crippen LogP contribution in [-0.2, 0) is 17.6 Å². The molecule has 0 unspecified atom stereocenters. The Kier molecular flexibility index (Phi) is 6.53. The summed E-state index contributed by atoms with van der Waals surface area (Å²) in [6.45, 7) is 12.7. The molecule has 1 aromatic carbocycles. The molecule has 0 aliphatic rings. The number of benzene rings is 1. The highest BCUT2D eigenvalue weighted by atomic mass is 32.2. The summed E-state index contributed by atoms with van der Waals surface area (Å²) >= 11 is 3.10. The highest BCUT2D eigenvalue weighted by molar-refractivity contribution is 7.99. The highest BCUT2D eigenvalue weighted by Crippen LogP contribution is 2.35. The Bertz CT molecular complexity index is 1280. The second-order valence-electron chi connectivity index (χ2n) is 8.22. The van der Waals surface area contributed by atoms with E-state index < -0.39 is 0 Å². The van der Waals surface area contributed by atoms with E-state index in [1.54, 1.807) is 11.3 Å². The summed E-state index contributed by atoms with van der Waals surface area (Å²) in [5, 5.41) is 13.9. The number of fused-ring (bicyclic) bond motifs is 3. The summed E-state index contributed by atoms with van der Waals surface area (Å²) in [7, 11) is 0. The van der Waals surface area contributed by atoms with Crippen molar-refractivity contribution >= 4 is 50.6 Å². The van der Waals surface area contributed by atoms with Gasteiger partial charge in [0.1, 0.15) is 10.7 Å². The van der Waals surface area contributed by atoms with Crippen molar-refractivity contribution in [2.45, 2.75) is 65.5 Å². The molecule has 0 radical (unpaired) electrons. The number of amides is 1. The van der Waals surface area contributed by atoms with E-state index in [-0.39, 0.29) is 17.6 Å². The average Bonchev–Trinajstić information content (AvgIpc) is 3.32. The van der Waals surface area contributed by atoms with Crippen LogP contribution in [0.2, 0.25) is 0 Å². The van der Waals surface area contributed by atoms with Crippen LogP contribution in [0.25, 0.3) is 15.9 Å². The van der Waals surface area contributed by atoms with Gasteiger partial charge in [-0.1, -0.05) is 57.7 Å². The van der Waals surface area contributed by atoms with Crippen molar-refractivity contribution in [1.29, 1.82) is 0 Å². The van der Waals surface area contributed by atoms with E-state index in [1.807, 2.05) is 4.40 Å². The van der Waals surface area contributed by atoms with Crippen LogP contribution >= 0.6 is 23.1 Å². The van der Waals surface area contributed by atoms with Gasteiger partial charge in [-0.3, -0.25) is 9.20 Å². The predicted octanol–water partition coefficient (Wildman–Crippen LogP) is 5.93. The first-order chi connectivity index (χ1) is 15.3. The monoisotopic (exact) mass is 467 g/mol. The molecule has 1 amide bonds. The Balaban J connectivity index is 1.65. The summed E-state index contributed by atoms with van der Waals surface area (Å²) in [5.74, 6) is 1.35. The number of para-hydroxylation sites is 1. The molecule has 0 aliphatic heterocycles. The van der Waals surface area contributed by atoms with Crippen molar-refractivity contribution < 1.29 is 4.79 Å². The van der Waals surface area contributed by atoms with Crippen LogP contribution in [0.15, 0.2) is 23.4 Å². The second-order valence-corrected chi connectivity index (χ2v) is 10.4. The third kappa shape index (κ3) is 4.01. The van der Waals surface area contributed by atoms with Crippen LogP contribution in [0.3, 0.4) is 0 Å². The number of rotatable bonds is 7. The van der Waals surface area contributed by atoms with Crippen molar-refractivity contribution in [3.63, 3.8) is 0 Å². The van der Waals surface area contributed by atoms with Gasteiger partial charge in [0.15, 0.2) is 10.8 Å². The van der Waals surface area contributed by atoms with Gasteiger partial charge in [-0.15, -0.1) is 21.5 Å². The zero-order chi connectivity index (χ0) is 23.0. The standard InChI is InChI=1S/C24H29N5OS2/c1-7-16-10-9-11-17(8-2)20(16)25-18(30)12-31-24-28-27-22-19-14(5)15(6)32-23(19)26-21(13(3)4)29(22)24/h9-11,13H,7-8,12H2,1-6H3,(H,25,30). The molecule has 0 fully saturated rings. The van der Waals surface area contributed by atoms with Crippen LogP contribution in [-0.4, -0.2) is 31.2 Å². The number of aryl methyl sites for hydroxylation is 4. The van der Waals surface area contributed by atoms with Gasteiger partial charge in [0, 0.05) is 16.5 Å². The van der Waals surface area contributed by atoms with Crippen LogP contribution in [0, 0.1) is 13.8 Å². The van der Waals surface area contributed by atoms with Crippen molar-refractivity contribution in [3.8, 4) is 0 Å². The van der Waals surface area contributed by atoms with E-state index in [0.717, 1.165) is 51.3 Å². The Morgan fingerprint density at radius 1 is 1.16 bits per heavy atom. The molecule has 0 spiro atoms. The van der Waals surface area contributed by atoms with Gasteiger partial charge < -0.3 is 5.32 Å². The van der Waals surface area contributed by atoms with Gasteiger partial charge in [-0.05, 0) is 43.4 Å². The molecule has 1 N–H and O–H groups in total. The maximum Gasteiger partial charge on any atom is 0.234 e. The molecule has 0 aliphatic carbocycles. The van der Waals surface area contributed by atoms with E-state index in [0.29, 0.717) is 5.16 Å². The molecule has 0 saturated heterocycles. The molecule has 32 heavy (non-hydrogen) atoms. The number of thiophene rings is 1. The number of aromatic nitrogens is 4. The molecule has 4 rings (SSSR count). The Morgan fingerprint density at radius 3 is 2.47 bits per heavy atom. The van der Waals surface area contributed by atoms with Gasteiger partial charge in [0.2, 0.25) is 5.91 Å². The van der Waals surface area contributed by atoms with E-state index in [2.05, 4.69) is 75.3 Å². The van der Waals surface area contributed by atoms with Gasteiger partial charge in [0.25, 0.3) is 0 Å². The van der Waals surface area contributed by atoms with E-state index in [1.165, 1.54) is 22.2 Å². The van der Waals surface area contributed by atoms with Crippen LogP contribution < -0.4 is 5.32 Å². The lowest BCUT2D eigenvalue weighted by molar-refractivity contribution is -0.113. The number of anilines is 1. The van der Waals surface area contributed by atoms with Crippen LogP contribution in [0.4, 0.5) is 5.69 Å². The number of carbonyl (C=O) groups excluding carboxylic acids is 1. The Hall–Kier alpha value is -2.45. The summed E-state index contributed by atoms with van der Waals surface area (Å²) in [4.78, 5) is 20.1. The van der Waals surface area contributed by atoms with E-state index in [4.69, 9.17) is 4.98 Å². The first-order valence-corrected chi connectivity index (χ1v) is 12.8. The largest absolute Gasteiger partial charge is 0.325 e. The van der Waals surface area contributed by atoms with Gasteiger partial charge in [-0.25, -0.2) is 4.98 Å². The van der Waals surface area contributed by atoms with Gasteiger partial charge >= 0.3 is 0 Å². The fourth-order valence-corrected chi connectivity index (χ4v) is 5.70. The molecule has 3 heterocycles. The maximum atomic E-state index is 12.9. The lowest BCUT2D eigenvalue weighted by Gasteiger charge is -2.14. The maximum absolute atomic E-state index is 12.9. The number of carbonyl (C=O) groups is 1. The van der Waals surface area contributed by atoms with Crippen LogP contribution in [0.5, 0.6) is 0 Å². The molecule has 3 aromatic heterocycles. The molecule has 168 valence electrons. The number of nitrogens with zero attached hydrogens (tertiary/aromatic N) is 4. The number of nitrogens with one attached hydrogen (secondary N) is 1. The lowest BCUT2D eigenvalue weighted by Crippen LogP contribution is -2.17. The average molecular weight is 468 g/mol. The second kappa shape index (κ2) is 9.19. The van der Waals surface area contributed by atoms with E-state index >= 15 is 0 Å². The number of thioether (sulfide) groups is 1. The van der Waals surface area contributed by atoms with Crippen molar-refractivity contribution in [2.75, 3.05) is 11.1 Å². The summed E-state index contributed by atoms with van der Waals surface area (Å²) in [5.41, 5.74) is 5.29. The minimum Gasteiger partial charge on any atom is -0.325 e. The number of hydrogen-bond acceptors (Lipinski definition) is 6. The molecule has 0 bridgehead atoms. The summed E-state index contributed by atoms with van der Waals surface area (Å²) in [6, 6.07) is 6.20. The minimum atomic E-state index is -0.0370. The SMILES string of the molecule is CCc1cccc(CC)c1NC(=O)CSc1nnc2c3c(C)c(C)sc3nc(C(C)C)n12. The fourth-order valence-electron chi connectivity index (χ4n) is 3.93. The molecular formula is C24H29N5OS2. The Morgan fingerprint density at radius 2 is 1.84 bits per heavy atom. The summed E-state index contributed by atoms with van der Waals surface area (Å²) in [6.07, 6.45) is 1.76. The molecule has 0 atom stereocenters. The fraction of sp³-hybridized carbons (Fsp3) is 0.417. The Labute approximate surface area is 196 Å². The normalized spacial score (nSPS) is 11.7. The van der Waals surface area contributed by atoms with Crippen molar-refractivity contribution in [2.24, 2.45) is 0 Å². The first kappa shape index (κ1) is 22.7. The highest BCUT2D eigenvalue weighted by Gasteiger charge is 2.21. The molecular weight excluding hydrogens is 438 g/mol. The summed E-state index contributed by atoms with van der Waals surface area (Å²) < 4.78 is 2.03. The number of hydrogen-bond donors (Lipinski definition) is 1. The van der Waals surface area contributed by atoms with Gasteiger partial charge in [-0.2, -0.15) is 0 Å². The van der Waals surface area contributed by atoms with Gasteiger partial charge in [0.05, 0.1) is 11.1 Å². The smallest absolute Gasteiger partial charge is 0.234 e. The molecule has 4 aromatic rings. The topological polar surface area (TPSA) is 72.2 Å². The molecule has 6 nitrogen and oxygen atoms in total. The zero-order valence-corrected chi connectivity index (χ0v) is 21.1. The molecule has 8 heteroatoms. The minimum absolute atomic E-state index is 0.0370. The van der Waals surface area contributed by atoms with Crippen LogP contribution in [0.1, 0.15) is 61.0 Å². The van der Waals surface area contributed by atoms with Crippen molar-refractivity contribution in [3.05, 3.63) is 45.6 Å². The lowest BCUT2D eigenvalue weighted by atomic mass is 10.0. The zero-order valence-electron chi connectivity index (χ0n) is 19.4. The quantitative estimate of drug-likeness (QED) is 0.341. The first-order valence-electron chi connectivity index (χ1n) is 11.0. The third-order valence-electron chi connectivity index (χ3n) is 5.78. The predicted molar refractivity (Wildman–Crippen MR) is 134 cm³/mol. The van der Waals surface area contributed by atoms with Crippen molar-refractivity contribution in [1.82, 2.24) is 19.6 Å². The third-order valence-corrected chi connectivity index (χ3v) is 7.81. The van der Waals surface area contributed by atoms with E-state index in [9.17, 15) is 4.79 Å².